The number of carbonyl (C=O) groups excluding carboxylic acids is 1. The largest absolute Gasteiger partial charge is 0.493 e. The summed E-state index contributed by atoms with van der Waals surface area (Å²) in [5, 5.41) is 4.27. The van der Waals surface area contributed by atoms with E-state index in [2.05, 4.69) is 12.1 Å². The number of amides is 1. The predicted molar refractivity (Wildman–Crippen MR) is 131 cm³/mol. The van der Waals surface area contributed by atoms with E-state index >= 15 is 0 Å². The molecular weight excluding hydrogens is 434 g/mol. The van der Waals surface area contributed by atoms with Gasteiger partial charge in [0.1, 0.15) is 5.75 Å². The molecule has 2 heterocycles. The van der Waals surface area contributed by atoms with Crippen molar-refractivity contribution in [3.8, 4) is 17.2 Å². The molecule has 1 aliphatic heterocycles. The van der Waals surface area contributed by atoms with Crippen LogP contribution in [0.4, 0.5) is 0 Å². The number of methoxy groups -OCH3 is 2. The summed E-state index contributed by atoms with van der Waals surface area (Å²) in [7, 11) is 3.28. The monoisotopic (exact) mass is 459 g/mol. The first-order chi connectivity index (χ1) is 16.2. The zero-order chi connectivity index (χ0) is 22.8. The number of fused-ring (bicyclic) bond motifs is 2. The number of ether oxygens (including phenoxy) is 3. The highest BCUT2D eigenvalue weighted by Crippen LogP contribution is 2.42. The first-order valence-corrected chi connectivity index (χ1v) is 11.7. The Labute approximate surface area is 197 Å². The SMILES string of the molecule is COc1cc2c(cc1OC)C(c1cccs1)N(C(=O)COc1ccc3ccccc3c1)CC2. The van der Waals surface area contributed by atoms with Gasteiger partial charge in [0.15, 0.2) is 18.1 Å². The van der Waals surface area contributed by atoms with Gasteiger partial charge in [-0.15, -0.1) is 11.3 Å². The third kappa shape index (κ3) is 4.14. The fraction of sp³-hybridized carbons (Fsp3) is 0.222. The summed E-state index contributed by atoms with van der Waals surface area (Å²) >= 11 is 1.65. The van der Waals surface area contributed by atoms with Crippen LogP contribution < -0.4 is 14.2 Å². The molecule has 1 aliphatic rings. The molecule has 0 fully saturated rings. The average molecular weight is 460 g/mol. The van der Waals surface area contributed by atoms with Crippen LogP contribution in [0.15, 0.2) is 72.1 Å². The van der Waals surface area contributed by atoms with Gasteiger partial charge in [-0.05, 0) is 64.0 Å². The van der Waals surface area contributed by atoms with Gasteiger partial charge in [0, 0.05) is 11.4 Å². The van der Waals surface area contributed by atoms with Crippen molar-refractivity contribution in [2.45, 2.75) is 12.5 Å². The quantitative estimate of drug-likeness (QED) is 0.384. The Hall–Kier alpha value is -3.51. The number of benzene rings is 3. The molecule has 1 unspecified atom stereocenters. The van der Waals surface area contributed by atoms with E-state index in [9.17, 15) is 4.79 Å². The third-order valence-electron chi connectivity index (χ3n) is 6.09. The summed E-state index contributed by atoms with van der Waals surface area (Å²) in [4.78, 5) is 16.4. The minimum Gasteiger partial charge on any atom is -0.493 e. The number of carbonyl (C=O) groups is 1. The molecule has 0 radical (unpaired) electrons. The van der Waals surface area contributed by atoms with Crippen LogP contribution in [0.1, 0.15) is 22.0 Å². The fourth-order valence-electron chi connectivity index (χ4n) is 4.45. The molecule has 0 saturated heterocycles. The normalized spacial score (nSPS) is 15.2. The Bertz CT molecular complexity index is 1280. The van der Waals surface area contributed by atoms with E-state index in [0.29, 0.717) is 23.8 Å². The molecular formula is C27H25NO4S. The lowest BCUT2D eigenvalue weighted by atomic mass is 9.90. The lowest BCUT2D eigenvalue weighted by Gasteiger charge is -2.37. The summed E-state index contributed by atoms with van der Waals surface area (Å²) in [6.07, 6.45) is 0.749. The van der Waals surface area contributed by atoms with Crippen LogP contribution in [0, 0.1) is 0 Å². The summed E-state index contributed by atoms with van der Waals surface area (Å²) in [5.41, 5.74) is 2.24. The van der Waals surface area contributed by atoms with Crippen LogP contribution in [-0.4, -0.2) is 38.2 Å². The fourth-order valence-corrected chi connectivity index (χ4v) is 5.31. The van der Waals surface area contributed by atoms with Crippen LogP contribution in [-0.2, 0) is 11.2 Å². The average Bonchev–Trinajstić information content (AvgIpc) is 3.40. The van der Waals surface area contributed by atoms with Crippen molar-refractivity contribution in [1.82, 2.24) is 4.90 Å². The maximum absolute atomic E-state index is 13.4. The van der Waals surface area contributed by atoms with Crippen LogP contribution in [0.25, 0.3) is 10.8 Å². The molecule has 5 rings (SSSR count). The first-order valence-electron chi connectivity index (χ1n) is 10.9. The van der Waals surface area contributed by atoms with Gasteiger partial charge in [-0.2, -0.15) is 0 Å². The number of rotatable bonds is 6. The van der Waals surface area contributed by atoms with Crippen molar-refractivity contribution in [2.75, 3.05) is 27.4 Å². The summed E-state index contributed by atoms with van der Waals surface area (Å²) in [6.45, 7) is 0.605. The Kier molecular flexibility index (Phi) is 5.92. The predicted octanol–water partition coefficient (Wildman–Crippen LogP) is 5.47. The van der Waals surface area contributed by atoms with Crippen molar-refractivity contribution in [1.29, 1.82) is 0 Å². The van der Waals surface area contributed by atoms with Crippen molar-refractivity contribution in [3.05, 3.63) is 88.1 Å². The molecule has 3 aromatic carbocycles. The third-order valence-corrected chi connectivity index (χ3v) is 7.01. The molecule has 4 aromatic rings. The molecule has 0 spiro atoms. The van der Waals surface area contributed by atoms with Gasteiger partial charge in [-0.1, -0.05) is 36.4 Å². The molecule has 0 N–H and O–H groups in total. The van der Waals surface area contributed by atoms with E-state index < -0.39 is 0 Å². The number of thiophene rings is 1. The second-order valence-electron chi connectivity index (χ2n) is 7.96. The second-order valence-corrected chi connectivity index (χ2v) is 8.94. The van der Waals surface area contributed by atoms with Gasteiger partial charge in [0.05, 0.1) is 20.3 Å². The maximum atomic E-state index is 13.4. The van der Waals surface area contributed by atoms with Crippen molar-refractivity contribution < 1.29 is 19.0 Å². The molecule has 33 heavy (non-hydrogen) atoms. The van der Waals surface area contributed by atoms with Crippen molar-refractivity contribution in [3.63, 3.8) is 0 Å². The minimum absolute atomic E-state index is 0.0111. The van der Waals surface area contributed by atoms with Crippen LogP contribution in [0.3, 0.4) is 0 Å². The summed E-state index contributed by atoms with van der Waals surface area (Å²) in [5.74, 6) is 2.03. The lowest BCUT2D eigenvalue weighted by Crippen LogP contribution is -2.42. The van der Waals surface area contributed by atoms with Crippen LogP contribution >= 0.6 is 11.3 Å². The highest BCUT2D eigenvalue weighted by molar-refractivity contribution is 7.10. The van der Waals surface area contributed by atoms with Crippen molar-refractivity contribution >= 4 is 28.0 Å². The smallest absolute Gasteiger partial charge is 0.261 e. The topological polar surface area (TPSA) is 48.0 Å². The van der Waals surface area contributed by atoms with E-state index in [1.165, 1.54) is 5.56 Å². The van der Waals surface area contributed by atoms with Crippen LogP contribution in [0.2, 0.25) is 0 Å². The second kappa shape index (κ2) is 9.16. The highest BCUT2D eigenvalue weighted by Gasteiger charge is 2.34. The van der Waals surface area contributed by atoms with Gasteiger partial charge in [0.2, 0.25) is 0 Å². The van der Waals surface area contributed by atoms with Gasteiger partial charge >= 0.3 is 0 Å². The molecule has 6 heteroatoms. The number of hydrogen-bond donors (Lipinski definition) is 0. The van der Waals surface area contributed by atoms with Gasteiger partial charge in [-0.25, -0.2) is 0 Å². The summed E-state index contributed by atoms with van der Waals surface area (Å²) < 4.78 is 17.0. The molecule has 5 nitrogen and oxygen atoms in total. The van der Waals surface area contributed by atoms with Gasteiger partial charge in [-0.3, -0.25) is 4.79 Å². The zero-order valence-electron chi connectivity index (χ0n) is 18.6. The van der Waals surface area contributed by atoms with Crippen molar-refractivity contribution in [2.24, 2.45) is 0 Å². The molecule has 0 saturated carbocycles. The van der Waals surface area contributed by atoms with E-state index in [1.807, 2.05) is 64.9 Å². The van der Waals surface area contributed by atoms with E-state index in [-0.39, 0.29) is 18.6 Å². The van der Waals surface area contributed by atoms with Gasteiger partial charge < -0.3 is 19.1 Å². The van der Waals surface area contributed by atoms with E-state index in [1.54, 1.807) is 25.6 Å². The molecule has 168 valence electrons. The Morgan fingerprint density at radius 3 is 2.52 bits per heavy atom. The molecule has 0 bridgehead atoms. The van der Waals surface area contributed by atoms with Crippen LogP contribution in [0.5, 0.6) is 17.2 Å². The number of nitrogens with zero attached hydrogens (tertiary/aromatic N) is 1. The van der Waals surface area contributed by atoms with Gasteiger partial charge in [0.25, 0.3) is 5.91 Å². The Balaban J connectivity index is 1.42. The summed E-state index contributed by atoms with van der Waals surface area (Å²) in [6, 6.07) is 22.0. The Morgan fingerprint density at radius 2 is 1.76 bits per heavy atom. The van der Waals surface area contributed by atoms with E-state index in [4.69, 9.17) is 14.2 Å². The standard InChI is InChI=1S/C27H25NO4S/c1-30-23-15-20-11-12-28(27(25-8-5-13-33-25)22(20)16-24(23)31-2)26(29)17-32-21-10-9-18-6-3-4-7-19(18)14-21/h3-10,13-16,27H,11-12,17H2,1-2H3. The Morgan fingerprint density at radius 1 is 0.970 bits per heavy atom. The molecule has 0 aliphatic carbocycles. The molecule has 1 atom stereocenters. The number of hydrogen-bond acceptors (Lipinski definition) is 5. The van der Waals surface area contributed by atoms with E-state index in [0.717, 1.165) is 27.6 Å². The lowest BCUT2D eigenvalue weighted by molar-refractivity contribution is -0.135. The molecule has 1 aromatic heterocycles. The highest BCUT2D eigenvalue weighted by atomic mass is 32.1. The maximum Gasteiger partial charge on any atom is 0.261 e. The molecule has 1 amide bonds. The zero-order valence-corrected chi connectivity index (χ0v) is 19.4. The minimum atomic E-state index is -0.179. The first kappa shape index (κ1) is 21.3.